The minimum atomic E-state index is 0.540. The van der Waals surface area contributed by atoms with Crippen LogP contribution in [0.3, 0.4) is 0 Å². The normalized spacial score (nSPS) is 10.6. The average Bonchev–Trinajstić information content (AvgIpc) is 3.02. The van der Waals surface area contributed by atoms with Gasteiger partial charge < -0.3 is 9.73 Å². The van der Waals surface area contributed by atoms with Crippen molar-refractivity contribution in [3.63, 3.8) is 0 Å². The summed E-state index contributed by atoms with van der Waals surface area (Å²) in [6.45, 7) is 0.540. The highest BCUT2D eigenvalue weighted by atomic mass is 35.5. The molecule has 22 heavy (non-hydrogen) atoms. The Labute approximate surface area is 138 Å². The van der Waals surface area contributed by atoms with E-state index >= 15 is 0 Å². The number of rotatable bonds is 5. The van der Waals surface area contributed by atoms with Crippen LogP contribution in [0.15, 0.2) is 64.0 Å². The van der Waals surface area contributed by atoms with Crippen molar-refractivity contribution in [1.29, 1.82) is 0 Å². The predicted molar refractivity (Wildman–Crippen MR) is 92.5 cm³/mol. The fourth-order valence-corrected chi connectivity index (χ4v) is 2.89. The van der Waals surface area contributed by atoms with Gasteiger partial charge in [-0.15, -0.1) is 11.8 Å². The van der Waals surface area contributed by atoms with Crippen molar-refractivity contribution in [2.75, 3.05) is 11.6 Å². The zero-order valence-corrected chi connectivity index (χ0v) is 13.6. The van der Waals surface area contributed by atoms with E-state index in [4.69, 9.17) is 16.0 Å². The van der Waals surface area contributed by atoms with Gasteiger partial charge in [-0.25, -0.2) is 4.98 Å². The molecule has 0 unspecified atom stereocenters. The molecule has 0 atom stereocenters. The van der Waals surface area contributed by atoms with Crippen LogP contribution in [0, 0.1) is 0 Å². The standard InChI is InChI=1S/C17H15ClN2OS/c1-22-16-8-3-2-7-14(16)19-11-17-20-10-15(21-17)12-5-4-6-13(18)9-12/h2-10,19H,11H2,1H3. The minimum Gasteiger partial charge on any atom is -0.439 e. The van der Waals surface area contributed by atoms with E-state index in [1.807, 2.05) is 42.5 Å². The highest BCUT2D eigenvalue weighted by Gasteiger charge is 2.07. The molecule has 5 heteroatoms. The molecular formula is C17H15ClN2OS. The summed E-state index contributed by atoms with van der Waals surface area (Å²) in [7, 11) is 0. The summed E-state index contributed by atoms with van der Waals surface area (Å²) in [4.78, 5) is 5.51. The first kappa shape index (κ1) is 15.0. The molecule has 1 N–H and O–H groups in total. The van der Waals surface area contributed by atoms with Crippen LogP contribution in [-0.4, -0.2) is 11.2 Å². The molecule has 0 spiro atoms. The van der Waals surface area contributed by atoms with Crippen molar-refractivity contribution >= 4 is 29.1 Å². The Morgan fingerprint density at radius 3 is 2.86 bits per heavy atom. The molecule has 0 aliphatic carbocycles. The summed E-state index contributed by atoms with van der Waals surface area (Å²) in [5, 5.41) is 4.04. The summed E-state index contributed by atoms with van der Waals surface area (Å²) in [6.07, 6.45) is 3.78. The second-order valence-corrected chi connectivity index (χ2v) is 5.97. The number of oxazole rings is 1. The van der Waals surface area contributed by atoms with Crippen molar-refractivity contribution in [3.05, 3.63) is 65.6 Å². The number of para-hydroxylation sites is 1. The lowest BCUT2D eigenvalue weighted by Crippen LogP contribution is -2.00. The van der Waals surface area contributed by atoms with Gasteiger partial charge >= 0.3 is 0 Å². The van der Waals surface area contributed by atoms with Gasteiger partial charge in [0.25, 0.3) is 0 Å². The van der Waals surface area contributed by atoms with Gasteiger partial charge in [0.05, 0.1) is 12.7 Å². The van der Waals surface area contributed by atoms with Crippen LogP contribution in [0.2, 0.25) is 5.02 Å². The number of nitrogens with one attached hydrogen (secondary N) is 1. The van der Waals surface area contributed by atoms with Crippen molar-refractivity contribution in [2.24, 2.45) is 0 Å². The van der Waals surface area contributed by atoms with E-state index in [0.29, 0.717) is 17.5 Å². The van der Waals surface area contributed by atoms with Gasteiger partial charge in [-0.2, -0.15) is 0 Å². The van der Waals surface area contributed by atoms with Gasteiger partial charge in [0, 0.05) is 21.2 Å². The van der Waals surface area contributed by atoms with Gasteiger partial charge in [0.1, 0.15) is 0 Å². The van der Waals surface area contributed by atoms with Crippen LogP contribution in [-0.2, 0) is 6.54 Å². The number of anilines is 1. The van der Waals surface area contributed by atoms with Crippen LogP contribution >= 0.6 is 23.4 Å². The molecule has 0 fully saturated rings. The van der Waals surface area contributed by atoms with Gasteiger partial charge in [-0.3, -0.25) is 0 Å². The lowest BCUT2D eigenvalue weighted by Gasteiger charge is -2.08. The number of hydrogen-bond donors (Lipinski definition) is 1. The smallest absolute Gasteiger partial charge is 0.214 e. The molecule has 3 aromatic rings. The highest BCUT2D eigenvalue weighted by Crippen LogP contribution is 2.26. The van der Waals surface area contributed by atoms with Gasteiger partial charge in [0.15, 0.2) is 5.76 Å². The molecule has 0 bridgehead atoms. The van der Waals surface area contributed by atoms with Gasteiger partial charge in [0.2, 0.25) is 5.89 Å². The van der Waals surface area contributed by atoms with E-state index in [-0.39, 0.29) is 0 Å². The Bertz CT molecular complexity index is 773. The summed E-state index contributed by atoms with van der Waals surface area (Å²) in [5.74, 6) is 1.36. The third-order valence-corrected chi connectivity index (χ3v) is 4.23. The van der Waals surface area contributed by atoms with E-state index in [1.165, 1.54) is 4.90 Å². The fraction of sp³-hybridized carbons (Fsp3) is 0.118. The second-order valence-electron chi connectivity index (χ2n) is 4.68. The first-order valence-electron chi connectivity index (χ1n) is 6.84. The third kappa shape index (κ3) is 3.46. The number of nitrogens with zero attached hydrogens (tertiary/aromatic N) is 1. The van der Waals surface area contributed by atoms with E-state index in [9.17, 15) is 0 Å². The predicted octanol–water partition coefficient (Wildman–Crippen LogP) is 5.33. The first-order chi connectivity index (χ1) is 10.8. The Hall–Kier alpha value is -1.91. The lowest BCUT2D eigenvalue weighted by molar-refractivity contribution is 0.516. The van der Waals surface area contributed by atoms with Crippen LogP contribution in [0.4, 0.5) is 5.69 Å². The summed E-state index contributed by atoms with van der Waals surface area (Å²) in [6, 6.07) is 15.7. The number of benzene rings is 2. The van der Waals surface area contributed by atoms with Gasteiger partial charge in [-0.1, -0.05) is 35.9 Å². The summed E-state index contributed by atoms with van der Waals surface area (Å²) < 4.78 is 5.78. The molecule has 3 rings (SSSR count). The molecule has 0 radical (unpaired) electrons. The molecule has 0 saturated heterocycles. The minimum absolute atomic E-state index is 0.540. The maximum Gasteiger partial charge on any atom is 0.214 e. The molecule has 2 aromatic carbocycles. The molecule has 112 valence electrons. The number of thioether (sulfide) groups is 1. The van der Waals surface area contributed by atoms with E-state index in [0.717, 1.165) is 17.0 Å². The molecular weight excluding hydrogens is 316 g/mol. The molecule has 3 nitrogen and oxygen atoms in total. The van der Waals surface area contributed by atoms with E-state index in [1.54, 1.807) is 18.0 Å². The molecule has 0 aliphatic rings. The zero-order valence-electron chi connectivity index (χ0n) is 12.0. The molecule has 1 heterocycles. The SMILES string of the molecule is CSc1ccccc1NCc1ncc(-c2cccc(Cl)c2)o1. The largest absolute Gasteiger partial charge is 0.439 e. The monoisotopic (exact) mass is 330 g/mol. The Kier molecular flexibility index (Phi) is 4.71. The van der Waals surface area contributed by atoms with Crippen molar-refractivity contribution in [2.45, 2.75) is 11.4 Å². The van der Waals surface area contributed by atoms with E-state index in [2.05, 4.69) is 22.6 Å². The third-order valence-electron chi connectivity index (χ3n) is 3.20. The quantitative estimate of drug-likeness (QED) is 0.642. The first-order valence-corrected chi connectivity index (χ1v) is 8.44. The molecule has 0 aliphatic heterocycles. The van der Waals surface area contributed by atoms with Crippen molar-refractivity contribution < 1.29 is 4.42 Å². The molecule has 0 saturated carbocycles. The Morgan fingerprint density at radius 1 is 1.18 bits per heavy atom. The van der Waals surface area contributed by atoms with Crippen LogP contribution < -0.4 is 5.32 Å². The maximum absolute atomic E-state index is 6.00. The summed E-state index contributed by atoms with van der Waals surface area (Å²) >= 11 is 7.71. The van der Waals surface area contributed by atoms with E-state index < -0.39 is 0 Å². The zero-order chi connectivity index (χ0) is 15.4. The molecule has 1 aromatic heterocycles. The number of halogens is 1. The maximum atomic E-state index is 6.00. The number of aromatic nitrogens is 1. The van der Waals surface area contributed by atoms with Crippen LogP contribution in [0.25, 0.3) is 11.3 Å². The Morgan fingerprint density at radius 2 is 2.05 bits per heavy atom. The second kappa shape index (κ2) is 6.90. The molecule has 0 amide bonds. The Balaban J connectivity index is 1.72. The average molecular weight is 331 g/mol. The number of hydrogen-bond acceptors (Lipinski definition) is 4. The van der Waals surface area contributed by atoms with Gasteiger partial charge in [-0.05, 0) is 30.5 Å². The van der Waals surface area contributed by atoms with Crippen LogP contribution in [0.1, 0.15) is 5.89 Å². The summed E-state index contributed by atoms with van der Waals surface area (Å²) in [5.41, 5.74) is 2.01. The fourth-order valence-electron chi connectivity index (χ4n) is 2.13. The highest BCUT2D eigenvalue weighted by molar-refractivity contribution is 7.98. The van der Waals surface area contributed by atoms with Crippen molar-refractivity contribution in [1.82, 2.24) is 4.98 Å². The van der Waals surface area contributed by atoms with Crippen molar-refractivity contribution in [3.8, 4) is 11.3 Å². The lowest BCUT2D eigenvalue weighted by atomic mass is 10.2. The topological polar surface area (TPSA) is 38.1 Å². The van der Waals surface area contributed by atoms with Crippen LogP contribution in [0.5, 0.6) is 0 Å².